The second-order valence-corrected chi connectivity index (χ2v) is 6.11. The van der Waals surface area contributed by atoms with Crippen molar-refractivity contribution < 1.29 is 28.8 Å². The summed E-state index contributed by atoms with van der Waals surface area (Å²) in [6.07, 6.45) is 0.329. The van der Waals surface area contributed by atoms with Gasteiger partial charge in [-0.25, -0.2) is 4.79 Å². The molecule has 1 aliphatic heterocycles. The molecule has 2 aromatic carbocycles. The van der Waals surface area contributed by atoms with Gasteiger partial charge in [-0.15, -0.1) is 0 Å². The first kappa shape index (κ1) is 18.6. The Morgan fingerprint density at radius 2 is 1.74 bits per heavy atom. The summed E-state index contributed by atoms with van der Waals surface area (Å²) in [5, 5.41) is 9.98. The van der Waals surface area contributed by atoms with Crippen molar-refractivity contribution in [2.45, 2.75) is 18.9 Å². The molecule has 2 aromatic rings. The largest absolute Gasteiger partial charge is 0.504 e. The summed E-state index contributed by atoms with van der Waals surface area (Å²) < 4.78 is 21.4. The van der Waals surface area contributed by atoms with Crippen LogP contribution in [0.25, 0.3) is 0 Å². The van der Waals surface area contributed by atoms with Gasteiger partial charge in [-0.2, -0.15) is 0 Å². The predicted molar refractivity (Wildman–Crippen MR) is 97.1 cm³/mol. The lowest BCUT2D eigenvalue weighted by molar-refractivity contribution is 0.0255. The highest BCUT2D eigenvalue weighted by atomic mass is 16.5. The van der Waals surface area contributed by atoms with Crippen LogP contribution in [0.5, 0.6) is 23.0 Å². The molecule has 0 saturated heterocycles. The molecule has 1 heterocycles. The van der Waals surface area contributed by atoms with Crippen molar-refractivity contribution in [3.63, 3.8) is 0 Å². The number of rotatable bonds is 5. The topological polar surface area (TPSA) is 91.3 Å². The highest BCUT2D eigenvalue weighted by Crippen LogP contribution is 2.39. The summed E-state index contributed by atoms with van der Waals surface area (Å²) in [7, 11) is 4.58. The third-order valence-corrected chi connectivity index (χ3v) is 4.45. The lowest BCUT2D eigenvalue weighted by Gasteiger charge is -2.24. The lowest BCUT2D eigenvalue weighted by atomic mass is 9.96. The molecule has 3 rings (SSSR count). The Morgan fingerprint density at radius 1 is 1.07 bits per heavy atom. The Morgan fingerprint density at radius 3 is 2.33 bits per heavy atom. The maximum Gasteiger partial charge on any atom is 0.342 e. The maximum atomic E-state index is 12.4. The fourth-order valence-electron chi connectivity index (χ4n) is 3.21. The second-order valence-electron chi connectivity index (χ2n) is 6.11. The summed E-state index contributed by atoms with van der Waals surface area (Å²) in [5.74, 6) is 0.212. The molecule has 7 heteroatoms. The molecule has 0 radical (unpaired) electrons. The molecule has 0 spiro atoms. The van der Waals surface area contributed by atoms with Crippen molar-refractivity contribution in [2.24, 2.45) is 0 Å². The Bertz CT molecular complexity index is 911. The fraction of sp³-hybridized carbons (Fsp3) is 0.300. The van der Waals surface area contributed by atoms with Crippen LogP contribution in [0.2, 0.25) is 0 Å². The van der Waals surface area contributed by atoms with Crippen LogP contribution in [0, 0.1) is 0 Å². The van der Waals surface area contributed by atoms with E-state index < -0.39 is 23.3 Å². The molecule has 1 aliphatic rings. The number of hydrogen-bond acceptors (Lipinski definition) is 7. The van der Waals surface area contributed by atoms with E-state index in [2.05, 4.69) is 0 Å². The van der Waals surface area contributed by atoms with Crippen molar-refractivity contribution in [3.05, 3.63) is 57.2 Å². The molecule has 0 fully saturated rings. The van der Waals surface area contributed by atoms with Gasteiger partial charge in [0.2, 0.25) is 11.2 Å². The number of hydrogen-bond donors (Lipinski definition) is 1. The van der Waals surface area contributed by atoms with Gasteiger partial charge in [0, 0.05) is 12.8 Å². The number of fused-ring (bicyclic) bond motifs is 1. The molecular weight excluding hydrogens is 352 g/mol. The number of ether oxygens (including phenoxy) is 4. The minimum atomic E-state index is -0.709. The Kier molecular flexibility index (Phi) is 5.21. The van der Waals surface area contributed by atoms with Crippen LogP contribution >= 0.6 is 0 Å². The van der Waals surface area contributed by atoms with Crippen LogP contribution in [0.3, 0.4) is 0 Å². The first-order valence-corrected chi connectivity index (χ1v) is 8.33. The van der Waals surface area contributed by atoms with Crippen LogP contribution in [0.1, 0.15) is 21.5 Å². The summed E-state index contributed by atoms with van der Waals surface area (Å²) >= 11 is 0. The Hall–Kier alpha value is -3.22. The predicted octanol–water partition coefficient (Wildman–Crippen LogP) is 2.10. The molecule has 27 heavy (non-hydrogen) atoms. The summed E-state index contributed by atoms with van der Waals surface area (Å²) in [4.78, 5) is 24.1. The van der Waals surface area contributed by atoms with Crippen LogP contribution in [-0.4, -0.2) is 38.5 Å². The second kappa shape index (κ2) is 7.57. The van der Waals surface area contributed by atoms with E-state index in [0.29, 0.717) is 35.7 Å². The smallest absolute Gasteiger partial charge is 0.342 e. The van der Waals surface area contributed by atoms with E-state index in [9.17, 15) is 14.7 Å². The van der Waals surface area contributed by atoms with Gasteiger partial charge >= 0.3 is 5.97 Å². The molecule has 1 atom stereocenters. The maximum absolute atomic E-state index is 12.4. The van der Waals surface area contributed by atoms with Crippen molar-refractivity contribution in [1.82, 2.24) is 0 Å². The molecule has 0 bridgehead atoms. The van der Waals surface area contributed by atoms with E-state index in [4.69, 9.17) is 18.9 Å². The van der Waals surface area contributed by atoms with E-state index in [1.165, 1.54) is 33.5 Å². The Labute approximate surface area is 156 Å². The zero-order valence-corrected chi connectivity index (χ0v) is 15.3. The number of carbonyl (C=O) groups excluding carboxylic acids is 1. The molecule has 0 amide bonds. The van der Waals surface area contributed by atoms with Crippen LogP contribution < -0.4 is 19.6 Å². The highest BCUT2D eigenvalue weighted by molar-refractivity contribution is 5.94. The summed E-state index contributed by atoms with van der Waals surface area (Å²) in [6.45, 7) is 0. The van der Waals surface area contributed by atoms with Gasteiger partial charge < -0.3 is 24.1 Å². The third kappa shape index (κ3) is 3.53. The average Bonchev–Trinajstić information content (AvgIpc) is 2.79. The highest BCUT2D eigenvalue weighted by Gasteiger charge is 2.30. The number of carbonyl (C=O) groups is 1. The quantitative estimate of drug-likeness (QED) is 0.804. The van der Waals surface area contributed by atoms with Gasteiger partial charge in [0.15, 0.2) is 17.2 Å². The molecule has 0 saturated carbocycles. The first-order chi connectivity index (χ1) is 13.0. The van der Waals surface area contributed by atoms with Crippen molar-refractivity contribution >= 4 is 5.97 Å². The van der Waals surface area contributed by atoms with Crippen LogP contribution in [-0.2, 0) is 17.6 Å². The summed E-state index contributed by atoms with van der Waals surface area (Å²) in [6, 6.07) is 7.98. The molecule has 142 valence electrons. The van der Waals surface area contributed by atoms with E-state index in [1.807, 2.05) is 0 Å². The monoisotopic (exact) mass is 372 g/mol. The Balaban J connectivity index is 1.93. The summed E-state index contributed by atoms with van der Waals surface area (Å²) in [5.41, 5.74) is 0.727. The van der Waals surface area contributed by atoms with Crippen molar-refractivity contribution in [3.8, 4) is 23.0 Å². The van der Waals surface area contributed by atoms with E-state index in [-0.39, 0.29) is 5.56 Å². The minimum absolute atomic E-state index is 0.0638. The molecule has 0 unspecified atom stereocenters. The number of aromatic hydroxyl groups is 1. The van der Waals surface area contributed by atoms with E-state index >= 15 is 0 Å². The van der Waals surface area contributed by atoms with Crippen molar-refractivity contribution in [1.29, 1.82) is 0 Å². The fourth-order valence-corrected chi connectivity index (χ4v) is 3.21. The number of benzene rings is 1. The van der Waals surface area contributed by atoms with Crippen LogP contribution in [0.15, 0.2) is 35.1 Å². The molecule has 0 aromatic heterocycles. The van der Waals surface area contributed by atoms with Gasteiger partial charge in [-0.3, -0.25) is 4.79 Å². The first-order valence-electron chi connectivity index (χ1n) is 8.33. The normalized spacial score (nSPS) is 15.5. The van der Waals surface area contributed by atoms with E-state index in [1.54, 1.807) is 18.2 Å². The van der Waals surface area contributed by atoms with Gasteiger partial charge in [-0.1, -0.05) is 12.1 Å². The lowest BCUT2D eigenvalue weighted by Crippen LogP contribution is -2.29. The SMILES string of the molecule is COc1cc(C[C@H]2Cc3cccc(=O)c(O)c3C(=O)O2)cc(OC)c1OC. The van der Waals surface area contributed by atoms with Crippen LogP contribution in [0.4, 0.5) is 0 Å². The molecule has 7 nitrogen and oxygen atoms in total. The zero-order chi connectivity index (χ0) is 19.6. The van der Waals surface area contributed by atoms with Crippen molar-refractivity contribution in [2.75, 3.05) is 21.3 Å². The molecular formula is C20H20O7. The van der Waals surface area contributed by atoms with E-state index in [0.717, 1.165) is 5.56 Å². The number of esters is 1. The van der Waals surface area contributed by atoms with Gasteiger partial charge in [0.1, 0.15) is 11.7 Å². The average molecular weight is 372 g/mol. The van der Waals surface area contributed by atoms with Gasteiger partial charge in [-0.05, 0) is 29.3 Å². The molecule has 0 aliphatic carbocycles. The third-order valence-electron chi connectivity index (χ3n) is 4.45. The number of cyclic esters (lactones) is 1. The van der Waals surface area contributed by atoms with Gasteiger partial charge in [0.05, 0.1) is 21.3 Å². The minimum Gasteiger partial charge on any atom is -0.504 e. The molecule has 1 N–H and O–H groups in total. The number of methoxy groups -OCH3 is 3. The van der Waals surface area contributed by atoms with Gasteiger partial charge in [0.25, 0.3) is 0 Å². The standard InChI is InChI=1S/C20H20O7/c1-24-15-8-11(9-16(25-2)19(15)26-3)7-13-10-12-5-4-6-14(21)18(22)17(12)20(23)27-13/h4-6,8-9,13H,7,10H2,1-3H3,(H,21,22)/t13-/m0/s1. The zero-order valence-electron chi connectivity index (χ0n) is 15.3.